The molecule has 6 nitrogen and oxygen atoms in total. The van der Waals surface area contributed by atoms with Crippen molar-refractivity contribution in [2.45, 2.75) is 0 Å². The second-order valence-electron chi connectivity index (χ2n) is 4.96. The van der Waals surface area contributed by atoms with Crippen molar-refractivity contribution >= 4 is 40.5 Å². The van der Waals surface area contributed by atoms with E-state index in [0.29, 0.717) is 27.9 Å². The number of carbonyl (C=O) groups is 1. The average Bonchev–Trinajstić information content (AvgIpc) is 2.64. The minimum Gasteiger partial charge on any atom is -0.493 e. The van der Waals surface area contributed by atoms with E-state index in [1.165, 1.54) is 26.5 Å². The molecule has 0 atom stereocenters. The monoisotopic (exact) mass is 391 g/mol. The van der Waals surface area contributed by atoms with Crippen LogP contribution >= 0.6 is 23.2 Å². The van der Waals surface area contributed by atoms with Gasteiger partial charge in [0.25, 0.3) is 5.91 Å². The normalized spacial score (nSPS) is 10.7. The lowest BCUT2D eigenvalue weighted by molar-refractivity contribution is -0.112. The molecule has 0 unspecified atom stereocenters. The summed E-state index contributed by atoms with van der Waals surface area (Å²) < 4.78 is 10.4. The number of ether oxygens (including phenoxy) is 2. The average molecular weight is 392 g/mol. The van der Waals surface area contributed by atoms with Crippen molar-refractivity contribution in [3.05, 3.63) is 58.2 Å². The second-order valence-corrected chi connectivity index (χ2v) is 5.81. The van der Waals surface area contributed by atoms with Crippen molar-refractivity contribution in [1.29, 1.82) is 5.26 Å². The first-order chi connectivity index (χ1) is 12.5. The number of carbonyl (C=O) groups excluding carboxylic acids is 1. The number of methoxy groups -OCH3 is 2. The lowest BCUT2D eigenvalue weighted by Crippen LogP contribution is -2.14. The predicted octanol–water partition coefficient (Wildman–Crippen LogP) is 4.47. The van der Waals surface area contributed by atoms with Gasteiger partial charge in [-0.15, -0.1) is 0 Å². The van der Waals surface area contributed by atoms with E-state index in [0.717, 1.165) is 0 Å². The van der Waals surface area contributed by atoms with E-state index >= 15 is 0 Å². The molecule has 1 amide bonds. The Kier molecular flexibility index (Phi) is 6.73. The van der Waals surface area contributed by atoms with E-state index < -0.39 is 5.91 Å². The van der Waals surface area contributed by atoms with Crippen LogP contribution in [-0.4, -0.2) is 20.1 Å². The fraction of sp³-hybridized carbons (Fsp3) is 0.111. The Labute approximate surface area is 160 Å². The van der Waals surface area contributed by atoms with Gasteiger partial charge in [-0.3, -0.25) is 4.79 Å². The number of nitriles is 1. The molecule has 134 valence electrons. The molecule has 0 radical (unpaired) electrons. The molecule has 0 spiro atoms. The van der Waals surface area contributed by atoms with Crippen LogP contribution in [-0.2, 0) is 4.79 Å². The summed E-state index contributed by atoms with van der Waals surface area (Å²) in [5, 5.41) is 15.4. The maximum absolute atomic E-state index is 12.2. The molecule has 0 heterocycles. The van der Waals surface area contributed by atoms with Gasteiger partial charge in [-0.25, -0.2) is 0 Å². The molecule has 8 heteroatoms. The first-order valence-corrected chi connectivity index (χ1v) is 8.09. The van der Waals surface area contributed by atoms with E-state index in [4.69, 9.17) is 32.7 Å². The third-order valence-electron chi connectivity index (χ3n) is 3.31. The fourth-order valence-electron chi connectivity index (χ4n) is 2.01. The lowest BCUT2D eigenvalue weighted by Gasteiger charge is -2.10. The third kappa shape index (κ3) is 4.82. The molecule has 0 aliphatic rings. The van der Waals surface area contributed by atoms with Gasteiger partial charge in [0.1, 0.15) is 11.6 Å². The smallest absolute Gasteiger partial charge is 0.267 e. The molecule has 2 N–H and O–H groups in total. The summed E-state index contributed by atoms with van der Waals surface area (Å²) in [5.41, 5.74) is 0.840. The van der Waals surface area contributed by atoms with E-state index in [-0.39, 0.29) is 10.6 Å². The Morgan fingerprint density at radius 3 is 2.46 bits per heavy atom. The Morgan fingerprint density at radius 1 is 1.12 bits per heavy atom. The Bertz CT molecular complexity index is 892. The van der Waals surface area contributed by atoms with Gasteiger partial charge >= 0.3 is 0 Å². The molecule has 2 aromatic carbocycles. The van der Waals surface area contributed by atoms with Crippen LogP contribution < -0.4 is 20.1 Å². The molecule has 0 saturated heterocycles. The lowest BCUT2D eigenvalue weighted by atomic mass is 10.2. The number of anilines is 2. The van der Waals surface area contributed by atoms with Gasteiger partial charge < -0.3 is 20.1 Å². The van der Waals surface area contributed by atoms with Crippen LogP contribution in [0.1, 0.15) is 0 Å². The van der Waals surface area contributed by atoms with Crippen LogP contribution in [0.4, 0.5) is 11.4 Å². The van der Waals surface area contributed by atoms with E-state index in [1.807, 2.05) is 6.07 Å². The first-order valence-electron chi connectivity index (χ1n) is 7.33. The van der Waals surface area contributed by atoms with Crippen molar-refractivity contribution in [2.24, 2.45) is 0 Å². The molecular formula is C18H15Cl2N3O3. The number of amides is 1. The predicted molar refractivity (Wildman–Crippen MR) is 102 cm³/mol. The Morgan fingerprint density at radius 2 is 1.85 bits per heavy atom. The summed E-state index contributed by atoms with van der Waals surface area (Å²) in [5.74, 6) is 0.476. The minimum absolute atomic E-state index is 0.134. The summed E-state index contributed by atoms with van der Waals surface area (Å²) in [6.45, 7) is 0. The summed E-state index contributed by atoms with van der Waals surface area (Å²) in [6.07, 6.45) is 1.29. The van der Waals surface area contributed by atoms with E-state index in [9.17, 15) is 10.1 Å². The summed E-state index contributed by atoms with van der Waals surface area (Å²) >= 11 is 11.8. The molecule has 0 bridgehead atoms. The molecule has 26 heavy (non-hydrogen) atoms. The number of nitrogens with zero attached hydrogens (tertiary/aromatic N) is 1. The molecule has 0 aliphatic heterocycles. The van der Waals surface area contributed by atoms with Gasteiger partial charge in [0.2, 0.25) is 0 Å². The number of benzene rings is 2. The number of halogens is 2. The van der Waals surface area contributed by atoms with Crippen LogP contribution in [0.5, 0.6) is 11.5 Å². The summed E-state index contributed by atoms with van der Waals surface area (Å²) in [7, 11) is 3.05. The van der Waals surface area contributed by atoms with Crippen molar-refractivity contribution < 1.29 is 14.3 Å². The minimum atomic E-state index is -0.607. The molecule has 0 aromatic heterocycles. The quantitative estimate of drug-likeness (QED) is 0.560. The Hall–Kier alpha value is -2.88. The van der Waals surface area contributed by atoms with Crippen LogP contribution in [0.3, 0.4) is 0 Å². The molecule has 0 aliphatic carbocycles. The third-order valence-corrected chi connectivity index (χ3v) is 3.86. The van der Waals surface area contributed by atoms with E-state index in [1.54, 1.807) is 30.3 Å². The zero-order chi connectivity index (χ0) is 19.1. The largest absolute Gasteiger partial charge is 0.493 e. The van der Waals surface area contributed by atoms with Crippen LogP contribution in [0.25, 0.3) is 0 Å². The standard InChI is InChI=1S/C18H15Cl2N3O3/c1-25-16-6-4-13(8-17(16)26-2)22-10-11(9-21)18(24)23-15-5-3-12(19)7-14(15)20/h3-8,10,22H,1-2H3,(H,23,24)/b11-10-. The van der Waals surface area contributed by atoms with Gasteiger partial charge in [0.05, 0.1) is 24.9 Å². The van der Waals surface area contributed by atoms with Gasteiger partial charge in [0, 0.05) is 23.0 Å². The van der Waals surface area contributed by atoms with Crippen molar-refractivity contribution in [1.82, 2.24) is 0 Å². The van der Waals surface area contributed by atoms with Crippen LogP contribution in [0.2, 0.25) is 10.0 Å². The van der Waals surface area contributed by atoms with Crippen molar-refractivity contribution in [3.63, 3.8) is 0 Å². The molecule has 0 saturated carbocycles. The van der Waals surface area contributed by atoms with Crippen LogP contribution in [0.15, 0.2) is 48.2 Å². The molecular weight excluding hydrogens is 377 g/mol. The maximum atomic E-state index is 12.2. The SMILES string of the molecule is COc1ccc(N/C=C(/C#N)C(=O)Nc2ccc(Cl)cc2Cl)cc1OC. The summed E-state index contributed by atoms with van der Waals surface area (Å²) in [4.78, 5) is 12.2. The van der Waals surface area contributed by atoms with E-state index in [2.05, 4.69) is 10.6 Å². The molecule has 0 fully saturated rings. The fourth-order valence-corrected chi connectivity index (χ4v) is 2.47. The highest BCUT2D eigenvalue weighted by molar-refractivity contribution is 6.36. The zero-order valence-electron chi connectivity index (χ0n) is 14.0. The second kappa shape index (κ2) is 8.99. The van der Waals surface area contributed by atoms with Crippen molar-refractivity contribution in [2.75, 3.05) is 24.9 Å². The van der Waals surface area contributed by atoms with Gasteiger partial charge in [-0.1, -0.05) is 23.2 Å². The Balaban J connectivity index is 2.14. The molecule has 2 rings (SSSR count). The number of rotatable bonds is 6. The number of hydrogen-bond donors (Lipinski definition) is 2. The van der Waals surface area contributed by atoms with Gasteiger partial charge in [-0.05, 0) is 30.3 Å². The van der Waals surface area contributed by atoms with Gasteiger partial charge in [-0.2, -0.15) is 5.26 Å². The zero-order valence-corrected chi connectivity index (χ0v) is 15.5. The highest BCUT2D eigenvalue weighted by Crippen LogP contribution is 2.30. The topological polar surface area (TPSA) is 83.4 Å². The van der Waals surface area contributed by atoms with Gasteiger partial charge in [0.15, 0.2) is 11.5 Å². The van der Waals surface area contributed by atoms with Crippen molar-refractivity contribution in [3.8, 4) is 17.6 Å². The molecule has 2 aromatic rings. The number of nitrogens with one attached hydrogen (secondary N) is 2. The first kappa shape index (κ1) is 19.4. The summed E-state index contributed by atoms with van der Waals surface area (Å²) in [6, 6.07) is 11.6. The maximum Gasteiger partial charge on any atom is 0.267 e. The number of hydrogen-bond acceptors (Lipinski definition) is 5. The van der Waals surface area contributed by atoms with Crippen LogP contribution in [0, 0.1) is 11.3 Å². The highest BCUT2D eigenvalue weighted by Gasteiger charge is 2.12. The highest BCUT2D eigenvalue weighted by atomic mass is 35.5.